The highest BCUT2D eigenvalue weighted by Gasteiger charge is 2.25. The molecule has 0 radical (unpaired) electrons. The van der Waals surface area contributed by atoms with E-state index in [4.69, 9.17) is 5.73 Å². The minimum absolute atomic E-state index is 0. The summed E-state index contributed by atoms with van der Waals surface area (Å²) in [6, 6.07) is 16.8. The number of carbonyl (C=O) groups excluding carboxylic acids is 2. The van der Waals surface area contributed by atoms with Gasteiger partial charge in [-0.2, -0.15) is 0 Å². The molecule has 1 saturated heterocycles. The van der Waals surface area contributed by atoms with Gasteiger partial charge in [-0.1, -0.05) is 42.5 Å². The molecule has 2 aromatic carbocycles. The Morgan fingerprint density at radius 1 is 1.12 bits per heavy atom. The van der Waals surface area contributed by atoms with Gasteiger partial charge in [0.15, 0.2) is 0 Å². The van der Waals surface area contributed by atoms with Crippen molar-refractivity contribution >= 4 is 24.2 Å². The van der Waals surface area contributed by atoms with Crippen LogP contribution in [0.25, 0.3) is 0 Å². The molecule has 0 saturated carbocycles. The van der Waals surface area contributed by atoms with E-state index in [1.807, 2.05) is 47.4 Å². The molecule has 1 heterocycles. The first kappa shape index (κ1) is 19.9. The van der Waals surface area contributed by atoms with Gasteiger partial charge in [0.1, 0.15) is 0 Å². The molecular formula is C20H24ClN3O2. The molecule has 0 aliphatic carbocycles. The highest BCUT2D eigenvalue weighted by Crippen LogP contribution is 2.19. The van der Waals surface area contributed by atoms with Crippen LogP contribution in [-0.2, 0) is 11.3 Å². The normalized spacial score (nSPS) is 14.7. The van der Waals surface area contributed by atoms with Gasteiger partial charge in [-0.15, -0.1) is 12.4 Å². The van der Waals surface area contributed by atoms with Crippen molar-refractivity contribution in [2.24, 2.45) is 5.73 Å². The van der Waals surface area contributed by atoms with Crippen LogP contribution in [0.15, 0.2) is 54.6 Å². The van der Waals surface area contributed by atoms with Crippen molar-refractivity contribution < 1.29 is 9.59 Å². The number of halogens is 1. The van der Waals surface area contributed by atoms with E-state index in [1.165, 1.54) is 0 Å². The van der Waals surface area contributed by atoms with E-state index in [0.29, 0.717) is 25.1 Å². The predicted molar refractivity (Wildman–Crippen MR) is 104 cm³/mol. The average Bonchev–Trinajstić information content (AvgIpc) is 3.06. The predicted octanol–water partition coefficient (Wildman–Crippen LogP) is 2.66. The van der Waals surface area contributed by atoms with Gasteiger partial charge < -0.3 is 16.0 Å². The molecule has 1 atom stereocenters. The van der Waals surface area contributed by atoms with Crippen molar-refractivity contribution in [2.45, 2.75) is 25.4 Å². The monoisotopic (exact) mass is 373 g/mol. The molecule has 26 heavy (non-hydrogen) atoms. The van der Waals surface area contributed by atoms with E-state index in [0.717, 1.165) is 24.1 Å². The molecule has 0 bridgehead atoms. The number of benzene rings is 2. The van der Waals surface area contributed by atoms with Crippen LogP contribution < -0.4 is 11.1 Å². The molecule has 5 nitrogen and oxygen atoms in total. The number of nitrogens with two attached hydrogens (primary N) is 1. The summed E-state index contributed by atoms with van der Waals surface area (Å²) in [5, 5.41) is 3.07. The molecule has 2 amide bonds. The van der Waals surface area contributed by atoms with Crippen LogP contribution in [0.1, 0.15) is 40.4 Å². The molecule has 3 rings (SSSR count). The highest BCUT2D eigenvalue weighted by atomic mass is 35.5. The van der Waals surface area contributed by atoms with Crippen molar-refractivity contribution in [3.05, 3.63) is 71.3 Å². The zero-order valence-electron chi connectivity index (χ0n) is 14.6. The number of amides is 2. The standard InChI is InChI=1S/C20H23N3O2.ClH/c21-13-15-8-10-17(11-9-15)20(25)22-18(16-5-2-1-3-6-16)14-23-12-4-7-19(23)24;/h1-3,5-6,8-11,18H,4,7,12-14,21H2,(H,22,25);1H. The smallest absolute Gasteiger partial charge is 0.251 e. The first-order valence-electron chi connectivity index (χ1n) is 8.60. The number of carbonyl (C=O) groups is 2. The summed E-state index contributed by atoms with van der Waals surface area (Å²) in [6.45, 7) is 1.70. The summed E-state index contributed by atoms with van der Waals surface area (Å²) in [6.07, 6.45) is 1.48. The van der Waals surface area contributed by atoms with Crippen LogP contribution in [-0.4, -0.2) is 29.8 Å². The molecule has 1 aliphatic rings. The Hall–Kier alpha value is -2.37. The van der Waals surface area contributed by atoms with Gasteiger partial charge in [-0.25, -0.2) is 0 Å². The fraction of sp³-hybridized carbons (Fsp3) is 0.300. The lowest BCUT2D eigenvalue weighted by Crippen LogP contribution is -2.38. The Bertz CT molecular complexity index is 734. The van der Waals surface area contributed by atoms with Crippen LogP contribution in [0.3, 0.4) is 0 Å². The van der Waals surface area contributed by atoms with E-state index in [2.05, 4.69) is 5.32 Å². The largest absolute Gasteiger partial charge is 0.343 e. The first-order chi connectivity index (χ1) is 12.2. The molecule has 3 N–H and O–H groups in total. The van der Waals surface area contributed by atoms with Gasteiger partial charge in [0, 0.05) is 31.6 Å². The van der Waals surface area contributed by atoms with Gasteiger partial charge in [0.2, 0.25) is 5.91 Å². The lowest BCUT2D eigenvalue weighted by molar-refractivity contribution is -0.128. The molecule has 0 spiro atoms. The Labute approximate surface area is 160 Å². The third kappa shape index (κ3) is 4.84. The SMILES string of the molecule is Cl.NCc1ccc(C(=O)NC(CN2CCCC2=O)c2ccccc2)cc1. The number of likely N-dealkylation sites (tertiary alicyclic amines) is 1. The maximum absolute atomic E-state index is 12.6. The van der Waals surface area contributed by atoms with Crippen LogP contribution >= 0.6 is 12.4 Å². The maximum Gasteiger partial charge on any atom is 0.251 e. The Morgan fingerprint density at radius 2 is 1.81 bits per heavy atom. The zero-order valence-corrected chi connectivity index (χ0v) is 15.4. The summed E-state index contributed by atoms with van der Waals surface area (Å²) in [4.78, 5) is 26.4. The fourth-order valence-electron chi connectivity index (χ4n) is 3.07. The molecule has 1 aliphatic heterocycles. The Balaban J connectivity index is 0.00000243. The molecule has 0 aromatic heterocycles. The number of rotatable bonds is 6. The van der Waals surface area contributed by atoms with Crippen molar-refractivity contribution in [2.75, 3.05) is 13.1 Å². The molecule has 138 valence electrons. The molecule has 1 fully saturated rings. The van der Waals surface area contributed by atoms with Gasteiger partial charge in [-0.3, -0.25) is 9.59 Å². The summed E-state index contributed by atoms with van der Waals surface area (Å²) >= 11 is 0. The average molecular weight is 374 g/mol. The van der Waals surface area contributed by atoms with Crippen LogP contribution in [0.4, 0.5) is 0 Å². The number of hydrogen-bond acceptors (Lipinski definition) is 3. The molecule has 1 unspecified atom stereocenters. The van der Waals surface area contributed by atoms with E-state index < -0.39 is 0 Å². The second-order valence-corrected chi connectivity index (χ2v) is 6.28. The van der Waals surface area contributed by atoms with Crippen molar-refractivity contribution in [1.82, 2.24) is 10.2 Å². The lowest BCUT2D eigenvalue weighted by Gasteiger charge is -2.25. The van der Waals surface area contributed by atoms with E-state index in [1.54, 1.807) is 12.1 Å². The maximum atomic E-state index is 12.6. The quantitative estimate of drug-likeness (QED) is 0.817. The Morgan fingerprint density at radius 3 is 2.38 bits per heavy atom. The summed E-state index contributed by atoms with van der Waals surface area (Å²) in [7, 11) is 0. The van der Waals surface area contributed by atoms with E-state index in [-0.39, 0.29) is 30.3 Å². The summed E-state index contributed by atoms with van der Waals surface area (Å²) < 4.78 is 0. The number of nitrogens with one attached hydrogen (secondary N) is 1. The van der Waals surface area contributed by atoms with Crippen LogP contribution in [0, 0.1) is 0 Å². The molecule has 2 aromatic rings. The summed E-state index contributed by atoms with van der Waals surface area (Å²) in [5.74, 6) is 0.00606. The van der Waals surface area contributed by atoms with Crippen LogP contribution in [0.2, 0.25) is 0 Å². The molecule has 6 heteroatoms. The highest BCUT2D eigenvalue weighted by molar-refractivity contribution is 5.94. The lowest BCUT2D eigenvalue weighted by atomic mass is 10.1. The summed E-state index contributed by atoms with van der Waals surface area (Å²) in [5.41, 5.74) is 8.17. The Kier molecular flexibility index (Phi) is 7.18. The van der Waals surface area contributed by atoms with E-state index >= 15 is 0 Å². The second-order valence-electron chi connectivity index (χ2n) is 6.28. The van der Waals surface area contributed by atoms with Gasteiger partial charge >= 0.3 is 0 Å². The first-order valence-corrected chi connectivity index (χ1v) is 8.60. The minimum Gasteiger partial charge on any atom is -0.343 e. The third-order valence-corrected chi connectivity index (χ3v) is 4.53. The van der Waals surface area contributed by atoms with Gasteiger partial charge in [0.05, 0.1) is 6.04 Å². The molecular weight excluding hydrogens is 350 g/mol. The van der Waals surface area contributed by atoms with Crippen molar-refractivity contribution in [1.29, 1.82) is 0 Å². The zero-order chi connectivity index (χ0) is 17.6. The van der Waals surface area contributed by atoms with Crippen LogP contribution in [0.5, 0.6) is 0 Å². The third-order valence-electron chi connectivity index (χ3n) is 4.53. The van der Waals surface area contributed by atoms with Gasteiger partial charge in [0.25, 0.3) is 5.91 Å². The van der Waals surface area contributed by atoms with Crippen molar-refractivity contribution in [3.63, 3.8) is 0 Å². The minimum atomic E-state index is -0.232. The van der Waals surface area contributed by atoms with Crippen molar-refractivity contribution in [3.8, 4) is 0 Å². The number of hydrogen-bond donors (Lipinski definition) is 2. The topological polar surface area (TPSA) is 75.4 Å². The fourth-order valence-corrected chi connectivity index (χ4v) is 3.07. The second kappa shape index (κ2) is 9.36. The van der Waals surface area contributed by atoms with E-state index in [9.17, 15) is 9.59 Å². The number of nitrogens with zero attached hydrogens (tertiary/aromatic N) is 1. The van der Waals surface area contributed by atoms with Gasteiger partial charge in [-0.05, 0) is 29.7 Å².